The van der Waals surface area contributed by atoms with E-state index < -0.39 is 0 Å². The van der Waals surface area contributed by atoms with E-state index in [0.29, 0.717) is 0 Å². The van der Waals surface area contributed by atoms with Gasteiger partial charge in [0.15, 0.2) is 0 Å². The molecule has 0 atom stereocenters. The van der Waals surface area contributed by atoms with Crippen LogP contribution in [0.3, 0.4) is 0 Å². The van der Waals surface area contributed by atoms with Crippen LogP contribution in [0.2, 0.25) is 0 Å². The lowest BCUT2D eigenvalue weighted by molar-refractivity contribution is 0.629. The van der Waals surface area contributed by atoms with Crippen LogP contribution < -0.4 is 0 Å². The predicted molar refractivity (Wildman–Crippen MR) is 132 cm³/mol. The molecule has 1 aliphatic carbocycles. The van der Waals surface area contributed by atoms with Crippen molar-refractivity contribution in [3.05, 3.63) is 88.5 Å². The molecule has 0 heterocycles. The minimum atomic E-state index is 1.10. The quantitative estimate of drug-likeness (QED) is 0.334. The van der Waals surface area contributed by atoms with Crippen molar-refractivity contribution in [1.29, 1.82) is 0 Å². The summed E-state index contributed by atoms with van der Waals surface area (Å²) in [5.41, 5.74) is 12.6. The monoisotopic (exact) mass is 394 g/mol. The van der Waals surface area contributed by atoms with E-state index in [4.69, 9.17) is 0 Å². The van der Waals surface area contributed by atoms with E-state index in [1.807, 2.05) is 0 Å². The van der Waals surface area contributed by atoms with Crippen molar-refractivity contribution in [3.63, 3.8) is 0 Å². The molecule has 0 spiro atoms. The van der Waals surface area contributed by atoms with Gasteiger partial charge in [0.1, 0.15) is 0 Å². The zero-order valence-electron chi connectivity index (χ0n) is 18.8. The molecule has 30 heavy (non-hydrogen) atoms. The summed E-state index contributed by atoms with van der Waals surface area (Å²) in [6.45, 7) is 6.60. The van der Waals surface area contributed by atoms with E-state index in [0.717, 1.165) is 6.42 Å². The lowest BCUT2D eigenvalue weighted by Crippen LogP contribution is -1.94. The molecule has 3 aromatic rings. The lowest BCUT2D eigenvalue weighted by Gasteiger charge is -2.14. The topological polar surface area (TPSA) is 0 Å². The maximum absolute atomic E-state index is 2.50. The average molecular weight is 395 g/mol. The van der Waals surface area contributed by atoms with E-state index in [1.54, 1.807) is 5.57 Å². The number of unbranched alkanes of at least 4 members (excludes halogenated alkanes) is 4. The van der Waals surface area contributed by atoms with Gasteiger partial charge in [-0.15, -0.1) is 0 Å². The summed E-state index contributed by atoms with van der Waals surface area (Å²) >= 11 is 0. The van der Waals surface area contributed by atoms with Gasteiger partial charge in [-0.2, -0.15) is 0 Å². The summed E-state index contributed by atoms with van der Waals surface area (Å²) in [7, 11) is 0. The first kappa shape index (κ1) is 20.7. The van der Waals surface area contributed by atoms with E-state index >= 15 is 0 Å². The zero-order chi connectivity index (χ0) is 20.9. The van der Waals surface area contributed by atoms with Crippen LogP contribution in [0, 0.1) is 13.8 Å². The second kappa shape index (κ2) is 9.47. The Bertz CT molecular complexity index is 1020. The van der Waals surface area contributed by atoms with Gasteiger partial charge in [0, 0.05) is 0 Å². The van der Waals surface area contributed by atoms with Gasteiger partial charge in [-0.25, -0.2) is 0 Å². The molecule has 4 rings (SSSR count). The summed E-state index contributed by atoms with van der Waals surface area (Å²) in [6.07, 6.45) is 11.6. The Hall–Kier alpha value is -2.60. The molecule has 0 heteroatoms. The van der Waals surface area contributed by atoms with E-state index in [1.165, 1.54) is 83.0 Å². The van der Waals surface area contributed by atoms with E-state index in [9.17, 15) is 0 Å². The summed E-state index contributed by atoms with van der Waals surface area (Å²) in [5.74, 6) is 0. The van der Waals surface area contributed by atoms with Gasteiger partial charge in [0.2, 0.25) is 0 Å². The highest BCUT2D eigenvalue weighted by Gasteiger charge is 2.20. The molecule has 0 fully saturated rings. The summed E-state index contributed by atoms with van der Waals surface area (Å²) in [4.78, 5) is 0. The normalized spacial score (nSPS) is 12.7. The molecule has 3 aromatic carbocycles. The third-order valence-corrected chi connectivity index (χ3v) is 6.44. The van der Waals surface area contributed by atoms with Gasteiger partial charge in [0.05, 0.1) is 0 Å². The van der Waals surface area contributed by atoms with Gasteiger partial charge in [-0.1, -0.05) is 116 Å². The van der Waals surface area contributed by atoms with E-state index in [2.05, 4.69) is 87.5 Å². The van der Waals surface area contributed by atoms with Crippen molar-refractivity contribution in [2.24, 2.45) is 0 Å². The molecule has 0 unspecified atom stereocenters. The predicted octanol–water partition coefficient (Wildman–Crippen LogP) is 8.94. The molecular weight excluding hydrogens is 360 g/mol. The molecule has 0 N–H and O–H groups in total. The third-order valence-electron chi connectivity index (χ3n) is 6.44. The number of allylic oxidation sites excluding steroid dienone is 1. The Kier molecular flexibility index (Phi) is 6.53. The van der Waals surface area contributed by atoms with Crippen molar-refractivity contribution >= 4 is 6.08 Å². The Labute approximate surface area is 182 Å². The van der Waals surface area contributed by atoms with Crippen LogP contribution in [0.15, 0.2) is 66.2 Å². The molecule has 1 aliphatic rings. The lowest BCUT2D eigenvalue weighted by atomic mass is 9.90. The van der Waals surface area contributed by atoms with E-state index in [-0.39, 0.29) is 0 Å². The Balaban J connectivity index is 1.67. The highest BCUT2D eigenvalue weighted by Crippen LogP contribution is 2.41. The van der Waals surface area contributed by atoms with Crippen LogP contribution in [0.5, 0.6) is 0 Å². The van der Waals surface area contributed by atoms with Crippen LogP contribution in [0.4, 0.5) is 0 Å². The maximum Gasteiger partial charge on any atom is -0.00514 e. The van der Waals surface area contributed by atoms with Crippen molar-refractivity contribution in [3.8, 4) is 22.3 Å². The van der Waals surface area contributed by atoms with Crippen molar-refractivity contribution in [1.82, 2.24) is 0 Å². The highest BCUT2D eigenvalue weighted by atomic mass is 14.2. The average Bonchev–Trinajstić information content (AvgIpc) is 3.18. The van der Waals surface area contributed by atoms with Gasteiger partial charge < -0.3 is 0 Å². The van der Waals surface area contributed by atoms with Crippen molar-refractivity contribution < 1.29 is 0 Å². The molecule has 0 aliphatic heterocycles. The van der Waals surface area contributed by atoms with Crippen LogP contribution in [-0.4, -0.2) is 0 Å². The maximum atomic E-state index is 2.50. The van der Waals surface area contributed by atoms with Crippen LogP contribution in [0.25, 0.3) is 28.3 Å². The first-order valence-corrected chi connectivity index (χ1v) is 11.6. The number of hydrogen-bond donors (Lipinski definition) is 0. The first-order valence-electron chi connectivity index (χ1n) is 11.6. The van der Waals surface area contributed by atoms with Crippen LogP contribution in [-0.2, 0) is 6.42 Å². The number of hydrogen-bond acceptors (Lipinski definition) is 0. The fourth-order valence-corrected chi connectivity index (χ4v) is 4.61. The highest BCUT2D eigenvalue weighted by molar-refractivity contribution is 5.87. The number of fused-ring (bicyclic) bond motifs is 1. The summed E-state index contributed by atoms with van der Waals surface area (Å²) < 4.78 is 0. The Morgan fingerprint density at radius 2 is 1.20 bits per heavy atom. The minimum absolute atomic E-state index is 1.10. The number of aryl methyl sites for hydroxylation is 2. The van der Waals surface area contributed by atoms with Crippen LogP contribution >= 0.6 is 0 Å². The molecule has 0 saturated carbocycles. The van der Waals surface area contributed by atoms with Gasteiger partial charge >= 0.3 is 0 Å². The Morgan fingerprint density at radius 1 is 0.633 bits per heavy atom. The second-order valence-corrected chi connectivity index (χ2v) is 8.93. The number of rotatable bonds is 8. The molecule has 0 amide bonds. The molecule has 0 bridgehead atoms. The largest absolute Gasteiger partial charge is 0.0654 e. The molecule has 0 nitrogen and oxygen atoms in total. The van der Waals surface area contributed by atoms with Crippen molar-refractivity contribution in [2.45, 2.75) is 65.7 Å². The van der Waals surface area contributed by atoms with Crippen LogP contribution in [0.1, 0.15) is 67.7 Å². The molecular formula is C30H34. The zero-order valence-corrected chi connectivity index (χ0v) is 18.8. The molecule has 0 saturated heterocycles. The van der Waals surface area contributed by atoms with Gasteiger partial charge in [0.25, 0.3) is 0 Å². The molecule has 154 valence electrons. The summed E-state index contributed by atoms with van der Waals surface area (Å²) in [6, 6.07) is 22.7. The Morgan fingerprint density at radius 3 is 1.83 bits per heavy atom. The fraction of sp³-hybridized carbons (Fsp3) is 0.333. The smallest absolute Gasteiger partial charge is 0.00514 e. The SMILES string of the molecule is CCCCCCCC1=Cc2c(-c3ccc(C)cc3)ccc(-c3ccc(C)cc3)c2C1. The van der Waals surface area contributed by atoms with Gasteiger partial charge in [-0.3, -0.25) is 0 Å². The third kappa shape index (κ3) is 4.59. The number of benzene rings is 3. The standard InChI is InChI=1S/C30H34/c1-4-5-6-7-8-9-24-20-29-27(25-14-10-22(2)11-15-25)18-19-28(30(29)21-24)26-16-12-23(3)13-17-26/h10-20H,4-9,21H2,1-3H3. The fourth-order valence-electron chi connectivity index (χ4n) is 4.61. The molecule has 0 aromatic heterocycles. The van der Waals surface area contributed by atoms with Gasteiger partial charge in [-0.05, 0) is 66.5 Å². The minimum Gasteiger partial charge on any atom is -0.0654 e. The van der Waals surface area contributed by atoms with Crippen molar-refractivity contribution in [2.75, 3.05) is 0 Å². The summed E-state index contributed by atoms with van der Waals surface area (Å²) in [5, 5.41) is 0. The second-order valence-electron chi connectivity index (χ2n) is 8.93. The first-order chi connectivity index (χ1) is 14.7. The molecule has 0 radical (unpaired) electrons.